The minimum absolute atomic E-state index is 0.737. The Kier molecular flexibility index (Phi) is 3.86. The molecular formula is C17H21N3. The third-order valence-corrected chi connectivity index (χ3v) is 3.95. The maximum atomic E-state index is 5.97. The number of rotatable bonds is 4. The summed E-state index contributed by atoms with van der Waals surface area (Å²) >= 11 is 0. The second-order valence-corrected chi connectivity index (χ2v) is 5.39. The highest BCUT2D eigenvalue weighted by Crippen LogP contribution is 2.26. The molecule has 1 aliphatic rings. The summed E-state index contributed by atoms with van der Waals surface area (Å²) in [5.74, 6) is 0. The Morgan fingerprint density at radius 1 is 1.20 bits per heavy atom. The number of nitrogen functional groups attached to an aromatic ring is 1. The van der Waals surface area contributed by atoms with Gasteiger partial charge in [0.25, 0.3) is 0 Å². The van der Waals surface area contributed by atoms with Crippen LogP contribution in [0, 0.1) is 0 Å². The largest absolute Gasteiger partial charge is 0.397 e. The summed E-state index contributed by atoms with van der Waals surface area (Å²) in [5, 5.41) is 4.63. The van der Waals surface area contributed by atoms with Crippen LogP contribution in [-0.4, -0.2) is 11.5 Å². The predicted octanol–water partition coefficient (Wildman–Crippen LogP) is 4.12. The molecule has 3 nitrogen and oxygen atoms in total. The first kappa shape index (κ1) is 13.0. The molecule has 0 bridgehead atoms. The van der Waals surface area contributed by atoms with E-state index in [1.165, 1.54) is 25.7 Å². The molecule has 0 spiro atoms. The van der Waals surface area contributed by atoms with Crippen LogP contribution in [0.4, 0.5) is 11.4 Å². The van der Waals surface area contributed by atoms with Crippen molar-refractivity contribution in [1.29, 1.82) is 0 Å². The van der Waals surface area contributed by atoms with Gasteiger partial charge in [-0.3, -0.25) is 4.98 Å². The smallest absolute Gasteiger partial charge is 0.0951 e. The molecule has 0 atom stereocenters. The summed E-state index contributed by atoms with van der Waals surface area (Å²) in [7, 11) is 0. The fourth-order valence-electron chi connectivity index (χ4n) is 2.84. The number of hydrogen-bond acceptors (Lipinski definition) is 3. The minimum atomic E-state index is 0.737. The molecule has 1 aromatic carbocycles. The van der Waals surface area contributed by atoms with Crippen molar-refractivity contribution in [3.05, 3.63) is 42.1 Å². The first-order valence-electron chi connectivity index (χ1n) is 7.39. The molecular weight excluding hydrogens is 246 g/mol. The maximum absolute atomic E-state index is 5.97. The van der Waals surface area contributed by atoms with Crippen molar-refractivity contribution in [2.75, 3.05) is 17.6 Å². The number of nitrogens with two attached hydrogens (primary N) is 1. The number of allylic oxidation sites excluding steroid dienone is 1. The molecule has 3 N–H and O–H groups in total. The fourth-order valence-corrected chi connectivity index (χ4v) is 2.84. The van der Waals surface area contributed by atoms with Gasteiger partial charge >= 0.3 is 0 Å². The lowest BCUT2D eigenvalue weighted by atomic mass is 9.97. The van der Waals surface area contributed by atoms with Gasteiger partial charge in [0.15, 0.2) is 0 Å². The third kappa shape index (κ3) is 2.77. The number of nitrogens with one attached hydrogen (secondary N) is 1. The lowest BCUT2D eigenvalue weighted by Crippen LogP contribution is -2.05. The van der Waals surface area contributed by atoms with Crippen LogP contribution < -0.4 is 11.1 Å². The van der Waals surface area contributed by atoms with Gasteiger partial charge in [-0.15, -0.1) is 0 Å². The number of benzene rings is 1. The van der Waals surface area contributed by atoms with Crippen molar-refractivity contribution in [2.45, 2.75) is 32.1 Å². The van der Waals surface area contributed by atoms with Gasteiger partial charge in [-0.1, -0.05) is 23.8 Å². The Morgan fingerprint density at radius 2 is 2.15 bits per heavy atom. The van der Waals surface area contributed by atoms with Crippen molar-refractivity contribution in [1.82, 2.24) is 4.98 Å². The minimum Gasteiger partial charge on any atom is -0.397 e. The number of fused-ring (bicyclic) bond motifs is 1. The molecule has 0 unspecified atom stereocenters. The fraction of sp³-hybridized carbons (Fsp3) is 0.353. The topological polar surface area (TPSA) is 50.9 Å². The van der Waals surface area contributed by atoms with E-state index in [4.69, 9.17) is 5.73 Å². The molecule has 0 aliphatic heterocycles. The van der Waals surface area contributed by atoms with Gasteiger partial charge in [-0.2, -0.15) is 0 Å². The lowest BCUT2D eigenvalue weighted by Gasteiger charge is -2.14. The molecule has 3 rings (SSSR count). The molecule has 104 valence electrons. The molecule has 0 amide bonds. The van der Waals surface area contributed by atoms with E-state index in [2.05, 4.69) is 22.4 Å². The van der Waals surface area contributed by atoms with E-state index in [9.17, 15) is 0 Å². The van der Waals surface area contributed by atoms with Crippen LogP contribution in [-0.2, 0) is 0 Å². The molecule has 1 aliphatic carbocycles. The standard InChI is InChI=1S/C17H21N3/c18-15-8-4-7-14-16(10-12-20-17(14)15)19-11-9-13-5-2-1-3-6-13/h4-5,7-8,10,12H,1-3,6,9,11,18H2,(H,19,20). The van der Waals surface area contributed by atoms with E-state index < -0.39 is 0 Å². The first-order chi connectivity index (χ1) is 9.84. The number of hydrogen-bond donors (Lipinski definition) is 2. The Balaban J connectivity index is 1.71. The average Bonchev–Trinajstić information content (AvgIpc) is 2.49. The van der Waals surface area contributed by atoms with E-state index in [0.29, 0.717) is 0 Å². The highest BCUT2D eigenvalue weighted by molar-refractivity contribution is 5.97. The summed E-state index contributed by atoms with van der Waals surface area (Å²) in [4.78, 5) is 4.36. The zero-order valence-corrected chi connectivity index (χ0v) is 11.7. The molecule has 0 fully saturated rings. The molecule has 20 heavy (non-hydrogen) atoms. The van der Waals surface area contributed by atoms with E-state index in [1.54, 1.807) is 5.57 Å². The Labute approximate surface area is 119 Å². The molecule has 0 radical (unpaired) electrons. The summed E-state index contributed by atoms with van der Waals surface area (Å²) in [5.41, 5.74) is 10.3. The van der Waals surface area contributed by atoms with E-state index >= 15 is 0 Å². The van der Waals surface area contributed by atoms with Gasteiger partial charge in [0, 0.05) is 23.8 Å². The van der Waals surface area contributed by atoms with Gasteiger partial charge < -0.3 is 11.1 Å². The first-order valence-corrected chi connectivity index (χ1v) is 7.39. The van der Waals surface area contributed by atoms with Crippen molar-refractivity contribution < 1.29 is 0 Å². The zero-order valence-electron chi connectivity index (χ0n) is 11.7. The normalized spacial score (nSPS) is 15.1. The maximum Gasteiger partial charge on any atom is 0.0951 e. The SMILES string of the molecule is Nc1cccc2c(NCCC3=CCCCC3)ccnc12. The van der Waals surface area contributed by atoms with Crippen molar-refractivity contribution in [3.8, 4) is 0 Å². The second-order valence-electron chi connectivity index (χ2n) is 5.39. The van der Waals surface area contributed by atoms with Crippen LogP contribution in [0.25, 0.3) is 10.9 Å². The number of pyridine rings is 1. The van der Waals surface area contributed by atoms with Gasteiger partial charge in [0.05, 0.1) is 11.2 Å². The summed E-state index contributed by atoms with van der Waals surface area (Å²) in [6.45, 7) is 0.972. The number of anilines is 2. The predicted molar refractivity (Wildman–Crippen MR) is 85.8 cm³/mol. The van der Waals surface area contributed by atoms with Crippen LogP contribution in [0.3, 0.4) is 0 Å². The van der Waals surface area contributed by atoms with Crippen molar-refractivity contribution >= 4 is 22.3 Å². The molecule has 0 saturated heterocycles. The van der Waals surface area contributed by atoms with Crippen molar-refractivity contribution in [2.24, 2.45) is 0 Å². The lowest BCUT2D eigenvalue weighted by molar-refractivity contribution is 0.679. The summed E-state index contributed by atoms with van der Waals surface area (Å²) in [6.07, 6.45) is 10.6. The number of para-hydroxylation sites is 1. The van der Waals surface area contributed by atoms with Crippen LogP contribution in [0.5, 0.6) is 0 Å². The quantitative estimate of drug-likeness (QED) is 0.647. The molecule has 1 heterocycles. The van der Waals surface area contributed by atoms with E-state index in [-0.39, 0.29) is 0 Å². The average molecular weight is 267 g/mol. The Hall–Kier alpha value is -2.03. The number of nitrogens with zero attached hydrogens (tertiary/aromatic N) is 1. The molecule has 0 saturated carbocycles. The highest BCUT2D eigenvalue weighted by atomic mass is 14.9. The molecule has 2 aromatic rings. The second kappa shape index (κ2) is 5.95. The van der Waals surface area contributed by atoms with Gasteiger partial charge in [-0.05, 0) is 44.2 Å². The van der Waals surface area contributed by atoms with Crippen LogP contribution in [0.1, 0.15) is 32.1 Å². The van der Waals surface area contributed by atoms with Crippen LogP contribution >= 0.6 is 0 Å². The summed E-state index contributed by atoms with van der Waals surface area (Å²) in [6, 6.07) is 7.97. The van der Waals surface area contributed by atoms with Gasteiger partial charge in [0.1, 0.15) is 0 Å². The zero-order chi connectivity index (χ0) is 13.8. The van der Waals surface area contributed by atoms with Crippen LogP contribution in [0.15, 0.2) is 42.1 Å². The molecule has 1 aromatic heterocycles. The third-order valence-electron chi connectivity index (χ3n) is 3.95. The van der Waals surface area contributed by atoms with Gasteiger partial charge in [-0.25, -0.2) is 0 Å². The molecule has 3 heteroatoms. The van der Waals surface area contributed by atoms with Gasteiger partial charge in [0.2, 0.25) is 0 Å². The Bertz CT molecular complexity index is 631. The number of aromatic nitrogens is 1. The monoisotopic (exact) mass is 267 g/mol. The highest BCUT2D eigenvalue weighted by Gasteiger charge is 2.06. The summed E-state index contributed by atoms with van der Waals surface area (Å²) < 4.78 is 0. The van der Waals surface area contributed by atoms with Crippen LogP contribution in [0.2, 0.25) is 0 Å². The Morgan fingerprint density at radius 3 is 3.00 bits per heavy atom. The van der Waals surface area contributed by atoms with Crippen molar-refractivity contribution in [3.63, 3.8) is 0 Å². The van der Waals surface area contributed by atoms with E-state index in [1.807, 2.05) is 24.4 Å². The van der Waals surface area contributed by atoms with E-state index in [0.717, 1.165) is 35.2 Å².